The van der Waals surface area contributed by atoms with Crippen LogP contribution in [-0.2, 0) is 16.0 Å². The number of aromatic nitrogens is 3. The number of benzene rings is 1. The summed E-state index contributed by atoms with van der Waals surface area (Å²) in [6.45, 7) is 3.81. The van der Waals surface area contributed by atoms with Crippen LogP contribution in [-0.4, -0.2) is 46.0 Å². The van der Waals surface area contributed by atoms with Gasteiger partial charge in [-0.2, -0.15) is 4.98 Å². The molecule has 1 amide bonds. The Hall–Kier alpha value is -4.27. The van der Waals surface area contributed by atoms with Gasteiger partial charge < -0.3 is 9.52 Å². The molecule has 0 saturated carbocycles. The lowest BCUT2D eigenvalue weighted by molar-refractivity contribution is -0.137. The van der Waals surface area contributed by atoms with Gasteiger partial charge in [-0.25, -0.2) is 4.98 Å². The number of carboxylic acids is 1. The number of aliphatic carboxylic acids is 1. The van der Waals surface area contributed by atoms with E-state index in [1.54, 1.807) is 31.7 Å². The number of hydrogen-bond acceptors (Lipinski definition) is 7. The van der Waals surface area contributed by atoms with Gasteiger partial charge in [0.05, 0.1) is 18.5 Å². The molecule has 0 radical (unpaired) electrons. The summed E-state index contributed by atoms with van der Waals surface area (Å²) in [4.78, 5) is 40.2. The molecule has 0 saturated heterocycles. The Balaban J connectivity index is 1.46. The second-order valence-electron chi connectivity index (χ2n) is 8.60. The smallest absolute Gasteiger partial charge is 0.303 e. The van der Waals surface area contributed by atoms with E-state index >= 15 is 0 Å². The number of rotatable bonds is 8. The van der Waals surface area contributed by atoms with Crippen LogP contribution in [0.5, 0.6) is 0 Å². The van der Waals surface area contributed by atoms with Crippen LogP contribution in [0.25, 0.3) is 11.1 Å². The fourth-order valence-electron chi connectivity index (χ4n) is 3.84. The molecular formula is C26H27N5O4. The molecule has 1 aromatic carbocycles. The first-order chi connectivity index (χ1) is 16.7. The number of carbonyl (C=O) groups is 2. The predicted molar refractivity (Wildman–Crippen MR) is 133 cm³/mol. The summed E-state index contributed by atoms with van der Waals surface area (Å²) >= 11 is 0. The van der Waals surface area contributed by atoms with E-state index in [-0.39, 0.29) is 24.7 Å². The number of anilines is 3. The summed E-state index contributed by atoms with van der Waals surface area (Å²) in [7, 11) is 3.55. The monoisotopic (exact) mass is 473 g/mol. The third-order valence-electron chi connectivity index (χ3n) is 5.97. The third kappa shape index (κ3) is 5.29. The van der Waals surface area contributed by atoms with Gasteiger partial charge in [0.15, 0.2) is 5.58 Å². The van der Waals surface area contributed by atoms with Gasteiger partial charge in [0, 0.05) is 32.7 Å². The number of aryl methyl sites for hydroxylation is 1. The largest absolute Gasteiger partial charge is 0.481 e. The number of hydrogen-bond donors (Lipinski definition) is 1. The fourth-order valence-corrected chi connectivity index (χ4v) is 3.84. The zero-order valence-electron chi connectivity index (χ0n) is 20.1. The first kappa shape index (κ1) is 23.9. The summed E-state index contributed by atoms with van der Waals surface area (Å²) < 4.78 is 5.98. The molecule has 0 aliphatic rings. The lowest BCUT2D eigenvalue weighted by Crippen LogP contribution is -2.28. The predicted octanol–water partition coefficient (Wildman–Crippen LogP) is 4.48. The Morgan fingerprint density at radius 3 is 2.60 bits per heavy atom. The van der Waals surface area contributed by atoms with E-state index in [0.29, 0.717) is 22.9 Å². The minimum Gasteiger partial charge on any atom is -0.481 e. The number of amides is 1. The summed E-state index contributed by atoms with van der Waals surface area (Å²) in [6, 6.07) is 11.4. The van der Waals surface area contributed by atoms with Gasteiger partial charge in [-0.3, -0.25) is 24.4 Å². The quantitative estimate of drug-likeness (QED) is 0.399. The van der Waals surface area contributed by atoms with E-state index in [1.807, 2.05) is 56.1 Å². The summed E-state index contributed by atoms with van der Waals surface area (Å²) in [5.41, 5.74) is 4.86. The lowest BCUT2D eigenvalue weighted by Gasteiger charge is -2.17. The molecule has 35 heavy (non-hydrogen) atoms. The topological polar surface area (TPSA) is 113 Å². The van der Waals surface area contributed by atoms with Crippen LogP contribution < -0.4 is 9.80 Å². The Kier molecular flexibility index (Phi) is 6.77. The van der Waals surface area contributed by atoms with Gasteiger partial charge in [-0.15, -0.1) is 0 Å². The molecule has 4 rings (SSSR count). The van der Waals surface area contributed by atoms with Crippen molar-refractivity contribution in [3.63, 3.8) is 0 Å². The van der Waals surface area contributed by atoms with E-state index in [2.05, 4.69) is 15.0 Å². The number of likely N-dealkylation sites (N-methyl/N-ethyl adjacent to an activating group) is 1. The maximum Gasteiger partial charge on any atom is 0.303 e. The first-order valence-electron chi connectivity index (χ1n) is 11.2. The molecule has 9 heteroatoms. The van der Waals surface area contributed by atoms with Gasteiger partial charge >= 0.3 is 12.0 Å². The summed E-state index contributed by atoms with van der Waals surface area (Å²) in [5.74, 6) is -0.648. The molecule has 0 aliphatic heterocycles. The van der Waals surface area contributed by atoms with Crippen LogP contribution in [0.2, 0.25) is 0 Å². The van der Waals surface area contributed by atoms with Gasteiger partial charge in [0.2, 0.25) is 5.91 Å². The lowest BCUT2D eigenvalue weighted by atomic mass is 10.00. The van der Waals surface area contributed by atoms with Gasteiger partial charge in [-0.1, -0.05) is 19.1 Å². The van der Waals surface area contributed by atoms with E-state index in [9.17, 15) is 9.59 Å². The number of pyridine rings is 2. The van der Waals surface area contributed by atoms with Crippen molar-refractivity contribution in [1.82, 2.24) is 15.0 Å². The van der Waals surface area contributed by atoms with E-state index in [4.69, 9.17) is 9.52 Å². The highest BCUT2D eigenvalue weighted by atomic mass is 16.4. The molecule has 1 atom stereocenters. The highest BCUT2D eigenvalue weighted by molar-refractivity contribution is 5.93. The van der Waals surface area contributed by atoms with Crippen molar-refractivity contribution in [1.29, 1.82) is 0 Å². The average molecular weight is 474 g/mol. The molecule has 0 fully saturated rings. The van der Waals surface area contributed by atoms with Crippen LogP contribution in [0, 0.1) is 6.92 Å². The maximum atomic E-state index is 12.9. The molecule has 4 aromatic rings. The van der Waals surface area contributed by atoms with Crippen molar-refractivity contribution < 1.29 is 19.1 Å². The molecule has 3 heterocycles. The number of nitrogens with zero attached hydrogens (tertiary/aromatic N) is 5. The normalized spacial score (nSPS) is 11.9. The van der Waals surface area contributed by atoms with Crippen LogP contribution in [0.1, 0.15) is 36.0 Å². The Bertz CT molecular complexity index is 1370. The molecule has 0 bridgehead atoms. The van der Waals surface area contributed by atoms with Crippen molar-refractivity contribution >= 4 is 40.5 Å². The minimum atomic E-state index is -0.858. The number of carbonyl (C=O) groups excluding carboxylic acids is 1. The van der Waals surface area contributed by atoms with Crippen molar-refractivity contribution in [2.75, 3.05) is 23.9 Å². The second-order valence-corrected chi connectivity index (χ2v) is 8.60. The molecule has 0 spiro atoms. The highest BCUT2D eigenvalue weighted by Gasteiger charge is 2.17. The van der Waals surface area contributed by atoms with Crippen molar-refractivity contribution in [2.45, 2.75) is 32.6 Å². The van der Waals surface area contributed by atoms with Gasteiger partial charge in [0.1, 0.15) is 11.3 Å². The van der Waals surface area contributed by atoms with Crippen LogP contribution in [0.4, 0.5) is 17.5 Å². The van der Waals surface area contributed by atoms with Crippen LogP contribution in [0.3, 0.4) is 0 Å². The number of oxazole rings is 1. The number of fused-ring (bicyclic) bond motifs is 1. The highest BCUT2D eigenvalue weighted by Crippen LogP contribution is 2.29. The average Bonchev–Trinajstić information content (AvgIpc) is 3.26. The molecule has 1 N–H and O–H groups in total. The Morgan fingerprint density at radius 2 is 1.91 bits per heavy atom. The third-order valence-corrected chi connectivity index (χ3v) is 5.97. The van der Waals surface area contributed by atoms with Gasteiger partial charge in [0.25, 0.3) is 0 Å². The Morgan fingerprint density at radius 1 is 1.11 bits per heavy atom. The van der Waals surface area contributed by atoms with E-state index in [0.717, 1.165) is 22.4 Å². The van der Waals surface area contributed by atoms with Crippen LogP contribution >= 0.6 is 0 Å². The molecule has 180 valence electrons. The van der Waals surface area contributed by atoms with Crippen LogP contribution in [0.15, 0.2) is 59.4 Å². The van der Waals surface area contributed by atoms with Crippen molar-refractivity contribution in [3.05, 3.63) is 71.7 Å². The molecule has 9 nitrogen and oxygen atoms in total. The van der Waals surface area contributed by atoms with Crippen molar-refractivity contribution in [3.8, 4) is 0 Å². The minimum absolute atomic E-state index is 0.0274. The zero-order valence-corrected chi connectivity index (χ0v) is 20.1. The SMILES string of the molecule is Cc1cnccc1N(C)c1nc2ccc(CC(=O)N(C)c3ccc(C(C)CC(=O)O)cn3)cc2o1. The van der Waals surface area contributed by atoms with Crippen molar-refractivity contribution in [2.24, 2.45) is 0 Å². The zero-order chi connectivity index (χ0) is 25.1. The second kappa shape index (κ2) is 9.92. The van der Waals surface area contributed by atoms with E-state index in [1.165, 1.54) is 4.90 Å². The number of carboxylic acid groups (broad SMARTS) is 1. The summed E-state index contributed by atoms with van der Waals surface area (Å²) in [6.07, 6.45) is 5.32. The summed E-state index contributed by atoms with van der Waals surface area (Å²) in [5, 5.41) is 8.97. The standard InChI is InChI=1S/C26H27N5O4/c1-16(11-25(33)34)19-6-8-23(28-15-19)31(4)24(32)13-18-5-7-20-22(12-18)35-26(29-20)30(3)21-9-10-27-14-17(21)2/h5-10,12,14-16H,11,13H2,1-4H3,(H,33,34). The maximum absolute atomic E-state index is 12.9. The van der Waals surface area contributed by atoms with Gasteiger partial charge in [-0.05, 0) is 53.8 Å². The molecule has 3 aromatic heterocycles. The Labute approximate surface area is 203 Å². The molecular weight excluding hydrogens is 446 g/mol. The van der Waals surface area contributed by atoms with E-state index < -0.39 is 5.97 Å². The first-order valence-corrected chi connectivity index (χ1v) is 11.2. The fraction of sp³-hybridized carbons (Fsp3) is 0.269. The molecule has 1 unspecified atom stereocenters. The molecule has 0 aliphatic carbocycles.